The zero-order valence-electron chi connectivity index (χ0n) is 14.4. The summed E-state index contributed by atoms with van der Waals surface area (Å²) in [5, 5.41) is 12.4. The molecule has 0 saturated carbocycles. The number of nitrogens with zero attached hydrogens (tertiary/aromatic N) is 4. The Morgan fingerprint density at radius 1 is 1.40 bits per heavy atom. The first-order chi connectivity index (χ1) is 12.1. The van der Waals surface area contributed by atoms with Crippen molar-refractivity contribution in [3.8, 4) is 0 Å². The van der Waals surface area contributed by atoms with Crippen LogP contribution in [0.4, 0.5) is 16.2 Å². The number of aliphatic hydroxyl groups excluding tert-OH is 1. The minimum absolute atomic E-state index is 0.124. The Bertz CT molecular complexity index is 709. The first kappa shape index (κ1) is 17.8. The number of aromatic nitrogens is 4. The van der Waals surface area contributed by atoms with Gasteiger partial charge in [-0.25, -0.2) is 9.37 Å². The van der Waals surface area contributed by atoms with Crippen LogP contribution >= 0.6 is 0 Å². The molecule has 1 aliphatic heterocycles. The lowest BCUT2D eigenvalue weighted by Crippen LogP contribution is -2.21. The molecule has 0 amide bonds. The van der Waals surface area contributed by atoms with Crippen molar-refractivity contribution in [1.82, 2.24) is 19.5 Å². The van der Waals surface area contributed by atoms with Crippen molar-refractivity contribution < 1.29 is 14.2 Å². The van der Waals surface area contributed by atoms with E-state index in [9.17, 15) is 4.39 Å². The number of unbranched alkanes of at least 4 members (excludes halogenated alkanes) is 3. The summed E-state index contributed by atoms with van der Waals surface area (Å²) in [5.41, 5.74) is 6.91. The zero-order valence-corrected chi connectivity index (χ0v) is 14.4. The lowest BCUT2D eigenvalue weighted by molar-refractivity contribution is -0.0323. The minimum atomic E-state index is -1.22. The number of rotatable bonds is 8. The van der Waals surface area contributed by atoms with Gasteiger partial charge in [-0.1, -0.05) is 26.2 Å². The lowest BCUT2D eigenvalue weighted by Gasteiger charge is -2.14. The number of nitrogens with two attached hydrogens (primary N) is 1. The van der Waals surface area contributed by atoms with Gasteiger partial charge in [0.1, 0.15) is 18.5 Å². The van der Waals surface area contributed by atoms with Crippen molar-refractivity contribution in [1.29, 1.82) is 0 Å². The smallest absolute Gasteiger partial charge is 0.224 e. The fourth-order valence-electron chi connectivity index (χ4n) is 3.05. The molecule has 9 heteroatoms. The molecule has 1 fully saturated rings. The highest BCUT2D eigenvalue weighted by Crippen LogP contribution is 2.33. The first-order valence-electron chi connectivity index (χ1n) is 8.78. The molecule has 0 spiro atoms. The molecule has 4 N–H and O–H groups in total. The van der Waals surface area contributed by atoms with Crippen LogP contribution in [0.15, 0.2) is 6.33 Å². The Morgan fingerprint density at radius 2 is 2.24 bits per heavy atom. The molecular formula is C16H25FN6O2. The molecule has 2 aromatic heterocycles. The number of hydrogen-bond acceptors (Lipinski definition) is 7. The molecule has 0 aliphatic carbocycles. The van der Waals surface area contributed by atoms with Crippen LogP contribution in [0, 0.1) is 0 Å². The molecular weight excluding hydrogens is 327 g/mol. The van der Waals surface area contributed by atoms with Crippen molar-refractivity contribution in [2.45, 2.75) is 57.5 Å². The van der Waals surface area contributed by atoms with E-state index < -0.39 is 18.5 Å². The summed E-state index contributed by atoms with van der Waals surface area (Å²) in [6.07, 6.45) is 3.65. The molecule has 0 radical (unpaired) electrons. The number of nitrogen functional groups attached to an aromatic ring is 1. The Kier molecular flexibility index (Phi) is 5.64. The lowest BCUT2D eigenvalue weighted by atomic mass is 10.2. The van der Waals surface area contributed by atoms with E-state index in [4.69, 9.17) is 15.6 Å². The van der Waals surface area contributed by atoms with Gasteiger partial charge >= 0.3 is 0 Å². The summed E-state index contributed by atoms with van der Waals surface area (Å²) >= 11 is 0. The summed E-state index contributed by atoms with van der Waals surface area (Å²) in [6.45, 7) is 2.59. The van der Waals surface area contributed by atoms with Crippen molar-refractivity contribution in [2.75, 3.05) is 24.2 Å². The van der Waals surface area contributed by atoms with E-state index in [-0.39, 0.29) is 19.0 Å². The molecule has 3 heterocycles. The van der Waals surface area contributed by atoms with Gasteiger partial charge in [-0.3, -0.25) is 4.57 Å². The molecule has 8 nitrogen and oxygen atoms in total. The SMILES string of the molecule is CCCCCCNc1nc(N)nc2c1ncn2[C@H]1C[C@H](F)[C@@H](CO)O1. The number of hydrogen-bond donors (Lipinski definition) is 3. The highest BCUT2D eigenvalue weighted by atomic mass is 19.1. The maximum atomic E-state index is 13.9. The van der Waals surface area contributed by atoms with Gasteiger partial charge in [0.2, 0.25) is 5.95 Å². The number of anilines is 2. The number of aliphatic hydroxyl groups is 1. The second-order valence-corrected chi connectivity index (χ2v) is 6.31. The number of nitrogens with one attached hydrogen (secondary N) is 1. The van der Waals surface area contributed by atoms with E-state index in [2.05, 4.69) is 27.2 Å². The Hall–Kier alpha value is -2.00. The predicted molar refractivity (Wildman–Crippen MR) is 92.9 cm³/mol. The maximum Gasteiger partial charge on any atom is 0.224 e. The zero-order chi connectivity index (χ0) is 17.8. The third kappa shape index (κ3) is 3.82. The van der Waals surface area contributed by atoms with Gasteiger partial charge in [-0.15, -0.1) is 0 Å². The molecule has 0 unspecified atom stereocenters. The maximum absolute atomic E-state index is 13.9. The molecule has 3 atom stereocenters. The summed E-state index contributed by atoms with van der Waals surface area (Å²) < 4.78 is 21.1. The topological polar surface area (TPSA) is 111 Å². The quantitative estimate of drug-likeness (QED) is 0.623. The Labute approximate surface area is 145 Å². The molecule has 138 valence electrons. The third-order valence-electron chi connectivity index (χ3n) is 4.41. The van der Waals surface area contributed by atoms with Crippen molar-refractivity contribution in [2.24, 2.45) is 0 Å². The van der Waals surface area contributed by atoms with Crippen molar-refractivity contribution >= 4 is 22.9 Å². The average molecular weight is 352 g/mol. The van der Waals surface area contributed by atoms with Gasteiger partial charge in [0.15, 0.2) is 17.0 Å². The number of fused-ring (bicyclic) bond motifs is 1. The van der Waals surface area contributed by atoms with E-state index in [1.165, 1.54) is 12.8 Å². The molecule has 1 aliphatic rings. The third-order valence-corrected chi connectivity index (χ3v) is 4.41. The van der Waals surface area contributed by atoms with Crippen LogP contribution in [-0.2, 0) is 4.74 Å². The monoisotopic (exact) mass is 352 g/mol. The van der Waals surface area contributed by atoms with E-state index >= 15 is 0 Å². The van der Waals surface area contributed by atoms with E-state index in [1.807, 2.05) is 0 Å². The van der Waals surface area contributed by atoms with Crippen LogP contribution in [0.5, 0.6) is 0 Å². The molecule has 25 heavy (non-hydrogen) atoms. The molecule has 0 bridgehead atoms. The summed E-state index contributed by atoms with van der Waals surface area (Å²) in [6, 6.07) is 0. The van der Waals surface area contributed by atoms with Crippen LogP contribution in [0.3, 0.4) is 0 Å². The molecule has 0 aromatic carbocycles. The normalized spacial score (nSPS) is 23.4. The van der Waals surface area contributed by atoms with Gasteiger partial charge in [0, 0.05) is 13.0 Å². The standard InChI is InChI=1S/C16H25FN6O2/c1-2-3-4-5-6-19-14-13-15(22-16(18)21-14)23(9-20-13)12-7-10(17)11(8-24)25-12/h9-12,24H,2-8H2,1H3,(H3,18,19,21,22)/t10-,11+,12+/m0/s1. The Morgan fingerprint density at radius 3 is 2.96 bits per heavy atom. The number of halogens is 1. The van der Waals surface area contributed by atoms with Gasteiger partial charge in [0.25, 0.3) is 0 Å². The van der Waals surface area contributed by atoms with Crippen LogP contribution in [0.1, 0.15) is 45.3 Å². The van der Waals surface area contributed by atoms with Crippen LogP contribution < -0.4 is 11.1 Å². The highest BCUT2D eigenvalue weighted by molar-refractivity contribution is 5.84. The average Bonchev–Trinajstić information content (AvgIpc) is 3.17. The number of alkyl halides is 1. The molecule has 2 aromatic rings. The first-order valence-corrected chi connectivity index (χ1v) is 8.78. The second-order valence-electron chi connectivity index (χ2n) is 6.31. The van der Waals surface area contributed by atoms with E-state index in [1.54, 1.807) is 10.9 Å². The highest BCUT2D eigenvalue weighted by Gasteiger charge is 2.36. The van der Waals surface area contributed by atoms with Crippen LogP contribution in [-0.4, -0.2) is 50.1 Å². The van der Waals surface area contributed by atoms with Crippen molar-refractivity contribution in [3.63, 3.8) is 0 Å². The van der Waals surface area contributed by atoms with Crippen LogP contribution in [0.25, 0.3) is 11.2 Å². The summed E-state index contributed by atoms with van der Waals surface area (Å²) in [7, 11) is 0. The Balaban J connectivity index is 1.79. The summed E-state index contributed by atoms with van der Waals surface area (Å²) in [4.78, 5) is 12.8. The molecule has 1 saturated heterocycles. The van der Waals surface area contributed by atoms with Gasteiger partial charge in [-0.05, 0) is 6.42 Å². The van der Waals surface area contributed by atoms with Gasteiger partial charge in [-0.2, -0.15) is 9.97 Å². The van der Waals surface area contributed by atoms with Crippen molar-refractivity contribution in [3.05, 3.63) is 6.33 Å². The summed E-state index contributed by atoms with van der Waals surface area (Å²) in [5.74, 6) is 0.699. The van der Waals surface area contributed by atoms with Gasteiger partial charge in [0.05, 0.1) is 12.9 Å². The fourth-order valence-corrected chi connectivity index (χ4v) is 3.05. The molecule has 3 rings (SSSR count). The van der Waals surface area contributed by atoms with Gasteiger partial charge < -0.3 is 20.9 Å². The minimum Gasteiger partial charge on any atom is -0.394 e. The van der Waals surface area contributed by atoms with E-state index in [0.717, 1.165) is 19.4 Å². The number of ether oxygens (including phenoxy) is 1. The second kappa shape index (κ2) is 7.92. The van der Waals surface area contributed by atoms with Crippen LogP contribution in [0.2, 0.25) is 0 Å². The predicted octanol–water partition coefficient (Wildman–Crippen LogP) is 2.02. The van der Waals surface area contributed by atoms with E-state index in [0.29, 0.717) is 17.0 Å². The largest absolute Gasteiger partial charge is 0.394 e. The fraction of sp³-hybridized carbons (Fsp3) is 0.688. The number of imidazole rings is 1.